The average molecular weight is 461 g/mol. The van der Waals surface area contributed by atoms with Gasteiger partial charge in [-0.1, -0.05) is 12.1 Å². The summed E-state index contributed by atoms with van der Waals surface area (Å²) in [7, 11) is 0. The Hall–Kier alpha value is -3.40. The lowest BCUT2D eigenvalue weighted by atomic mass is 10.1. The predicted molar refractivity (Wildman–Crippen MR) is 135 cm³/mol. The number of hydrogen-bond donors (Lipinski definition) is 4. The highest BCUT2D eigenvalue weighted by Crippen LogP contribution is 2.21. The van der Waals surface area contributed by atoms with E-state index in [0.717, 1.165) is 54.4 Å². The molecule has 0 saturated heterocycles. The quantitative estimate of drug-likeness (QED) is 0.457. The Morgan fingerprint density at radius 1 is 1.09 bits per heavy atom. The third-order valence-corrected chi connectivity index (χ3v) is 5.61. The number of nitrogens with two attached hydrogens (primary N) is 1. The fraction of sp³-hybridized carbons (Fsp3) is 0.360. The molecule has 178 valence electrons. The van der Waals surface area contributed by atoms with E-state index in [2.05, 4.69) is 47.9 Å². The minimum absolute atomic E-state index is 0.227. The molecule has 0 atom stereocenters. The minimum atomic E-state index is 0.227. The molecular weight excluding hydrogens is 428 g/mol. The van der Waals surface area contributed by atoms with Crippen molar-refractivity contribution in [1.82, 2.24) is 25.2 Å². The van der Waals surface area contributed by atoms with Crippen molar-refractivity contribution >= 4 is 23.2 Å². The van der Waals surface area contributed by atoms with Crippen molar-refractivity contribution in [3.05, 3.63) is 60.4 Å². The Balaban J connectivity index is 1.55. The van der Waals surface area contributed by atoms with Gasteiger partial charge in [-0.15, -0.1) is 0 Å². The Bertz CT molecular complexity index is 1070. The SMILES string of the molecule is NCCN1CCCC(=O)CNCCNc2ccc(cn2)-c2ccnc(n2)Nc2cccc(c2)C1. The van der Waals surface area contributed by atoms with Crippen LogP contribution in [0.15, 0.2) is 54.9 Å². The number of benzene rings is 1. The summed E-state index contributed by atoms with van der Waals surface area (Å²) >= 11 is 0. The van der Waals surface area contributed by atoms with Crippen LogP contribution in [-0.4, -0.2) is 64.9 Å². The van der Waals surface area contributed by atoms with Gasteiger partial charge in [-0.25, -0.2) is 15.0 Å². The van der Waals surface area contributed by atoms with Crippen LogP contribution < -0.4 is 21.7 Å². The maximum atomic E-state index is 12.3. The smallest absolute Gasteiger partial charge is 0.227 e. The number of Topliss-reactive ketones (excluding diaryl/α,β-unsaturated/α-hetero) is 1. The van der Waals surface area contributed by atoms with Crippen molar-refractivity contribution in [3.8, 4) is 11.3 Å². The van der Waals surface area contributed by atoms with Gasteiger partial charge in [0, 0.05) is 62.8 Å². The third-order valence-electron chi connectivity index (χ3n) is 5.61. The van der Waals surface area contributed by atoms with E-state index >= 15 is 0 Å². The first-order chi connectivity index (χ1) is 16.7. The van der Waals surface area contributed by atoms with E-state index in [1.54, 1.807) is 12.4 Å². The van der Waals surface area contributed by atoms with Crippen LogP contribution in [0.1, 0.15) is 18.4 Å². The topological polar surface area (TPSA) is 121 Å². The van der Waals surface area contributed by atoms with Gasteiger partial charge in [-0.3, -0.25) is 9.69 Å². The molecule has 6 bridgehead atoms. The highest BCUT2D eigenvalue weighted by Gasteiger charge is 2.10. The number of rotatable bonds is 2. The van der Waals surface area contributed by atoms with Crippen LogP contribution in [0.2, 0.25) is 0 Å². The van der Waals surface area contributed by atoms with Gasteiger partial charge in [0.2, 0.25) is 5.95 Å². The molecule has 5 rings (SSSR count). The van der Waals surface area contributed by atoms with E-state index in [1.165, 1.54) is 0 Å². The number of fused-ring (bicyclic) bond motifs is 12. The molecule has 3 aromatic rings. The van der Waals surface area contributed by atoms with Gasteiger partial charge in [-0.05, 0) is 48.9 Å². The van der Waals surface area contributed by atoms with Crippen LogP contribution in [0, 0.1) is 0 Å². The first-order valence-electron chi connectivity index (χ1n) is 11.7. The zero-order valence-electron chi connectivity index (χ0n) is 19.3. The van der Waals surface area contributed by atoms with Crippen LogP contribution in [0.5, 0.6) is 0 Å². The summed E-state index contributed by atoms with van der Waals surface area (Å²) in [5.74, 6) is 1.54. The van der Waals surface area contributed by atoms with Crippen molar-refractivity contribution in [2.75, 3.05) is 49.9 Å². The van der Waals surface area contributed by atoms with E-state index in [0.29, 0.717) is 38.5 Å². The number of aromatic nitrogens is 3. The molecule has 0 saturated carbocycles. The summed E-state index contributed by atoms with van der Waals surface area (Å²) in [4.78, 5) is 28.1. The van der Waals surface area contributed by atoms with Gasteiger partial charge in [0.15, 0.2) is 0 Å². The summed E-state index contributed by atoms with van der Waals surface area (Å²) < 4.78 is 0. The zero-order valence-corrected chi connectivity index (χ0v) is 19.3. The lowest BCUT2D eigenvalue weighted by Crippen LogP contribution is -2.31. The number of carbonyl (C=O) groups excluding carboxylic acids is 1. The van der Waals surface area contributed by atoms with Crippen LogP contribution >= 0.6 is 0 Å². The van der Waals surface area contributed by atoms with Gasteiger partial charge in [-0.2, -0.15) is 0 Å². The summed E-state index contributed by atoms with van der Waals surface area (Å²) in [6, 6.07) is 14.0. The van der Waals surface area contributed by atoms with Gasteiger partial charge < -0.3 is 21.7 Å². The second kappa shape index (κ2) is 12.2. The van der Waals surface area contributed by atoms with E-state index in [4.69, 9.17) is 5.73 Å². The van der Waals surface area contributed by atoms with E-state index in [9.17, 15) is 4.79 Å². The normalized spacial score (nSPS) is 16.1. The van der Waals surface area contributed by atoms with Crippen LogP contribution in [-0.2, 0) is 11.3 Å². The molecule has 0 aliphatic carbocycles. The second-order valence-corrected chi connectivity index (χ2v) is 8.33. The number of nitrogens with zero attached hydrogens (tertiary/aromatic N) is 4. The summed E-state index contributed by atoms with van der Waals surface area (Å²) in [6.45, 7) is 4.71. The minimum Gasteiger partial charge on any atom is -0.369 e. The maximum absolute atomic E-state index is 12.3. The van der Waals surface area contributed by atoms with Crippen LogP contribution in [0.25, 0.3) is 11.3 Å². The number of anilines is 3. The van der Waals surface area contributed by atoms with Crippen molar-refractivity contribution in [1.29, 1.82) is 0 Å². The predicted octanol–water partition coefficient (Wildman–Crippen LogP) is 2.41. The van der Waals surface area contributed by atoms with Gasteiger partial charge in [0.05, 0.1) is 12.2 Å². The molecule has 9 heteroatoms. The third kappa shape index (κ3) is 7.05. The number of pyridine rings is 1. The molecule has 0 spiro atoms. The van der Waals surface area contributed by atoms with E-state index < -0.39 is 0 Å². The lowest BCUT2D eigenvalue weighted by molar-refractivity contribution is -0.118. The Kier molecular flexibility index (Phi) is 8.50. The molecule has 0 unspecified atom stereocenters. The highest BCUT2D eigenvalue weighted by molar-refractivity contribution is 5.80. The molecule has 2 aliphatic rings. The largest absolute Gasteiger partial charge is 0.369 e. The average Bonchev–Trinajstić information content (AvgIpc) is 2.84. The highest BCUT2D eigenvalue weighted by atomic mass is 16.1. The number of hydrogen-bond acceptors (Lipinski definition) is 9. The van der Waals surface area contributed by atoms with Gasteiger partial charge in [0.25, 0.3) is 0 Å². The Morgan fingerprint density at radius 3 is 2.88 bits per heavy atom. The van der Waals surface area contributed by atoms with Crippen molar-refractivity contribution in [2.45, 2.75) is 19.4 Å². The zero-order chi connectivity index (χ0) is 23.6. The molecule has 34 heavy (non-hydrogen) atoms. The molecule has 4 heterocycles. The van der Waals surface area contributed by atoms with Crippen molar-refractivity contribution in [3.63, 3.8) is 0 Å². The first-order valence-corrected chi connectivity index (χ1v) is 11.7. The van der Waals surface area contributed by atoms with Crippen molar-refractivity contribution < 1.29 is 4.79 Å². The molecule has 5 N–H and O–H groups in total. The number of ketones is 1. The molecule has 0 radical (unpaired) electrons. The number of carbonyl (C=O) groups is 1. The molecule has 9 nitrogen and oxygen atoms in total. The molecule has 0 amide bonds. The summed E-state index contributed by atoms with van der Waals surface area (Å²) in [5.41, 5.74) is 9.63. The maximum Gasteiger partial charge on any atom is 0.227 e. The molecule has 2 aliphatic heterocycles. The molecule has 1 aromatic carbocycles. The van der Waals surface area contributed by atoms with Crippen molar-refractivity contribution in [2.24, 2.45) is 5.73 Å². The summed E-state index contributed by atoms with van der Waals surface area (Å²) in [6.07, 6.45) is 4.91. The summed E-state index contributed by atoms with van der Waals surface area (Å²) in [5, 5.41) is 9.80. The van der Waals surface area contributed by atoms with Gasteiger partial charge in [0.1, 0.15) is 11.6 Å². The van der Waals surface area contributed by atoms with E-state index in [1.807, 2.05) is 30.3 Å². The first kappa shape index (κ1) is 23.7. The van der Waals surface area contributed by atoms with Gasteiger partial charge >= 0.3 is 0 Å². The molecular formula is C25H32N8O. The standard InChI is InChI=1S/C25H32N8O/c26-9-14-33-13-2-5-22(34)17-27-11-12-28-24-7-6-20(16-30-24)23-8-10-29-25(32-23)31-21-4-1-3-19(15-21)18-33/h1,3-4,6-8,10,15-16,27H,2,5,9,11-14,17-18,26H2,(H,28,30)(H,29,31,32). The second-order valence-electron chi connectivity index (χ2n) is 8.33. The van der Waals surface area contributed by atoms with E-state index in [-0.39, 0.29) is 5.78 Å². The fourth-order valence-corrected chi connectivity index (χ4v) is 3.91. The van der Waals surface area contributed by atoms with Crippen LogP contribution in [0.3, 0.4) is 0 Å². The van der Waals surface area contributed by atoms with Crippen LogP contribution in [0.4, 0.5) is 17.5 Å². The Labute approximate surface area is 200 Å². The lowest BCUT2D eigenvalue weighted by Gasteiger charge is -2.22. The fourth-order valence-electron chi connectivity index (χ4n) is 3.91. The Morgan fingerprint density at radius 2 is 2.03 bits per heavy atom. The molecule has 0 fully saturated rings. The number of nitrogens with one attached hydrogen (secondary N) is 3. The monoisotopic (exact) mass is 460 g/mol. The molecule has 2 aromatic heterocycles.